The van der Waals surface area contributed by atoms with Gasteiger partial charge in [-0.25, -0.2) is 13.1 Å². The van der Waals surface area contributed by atoms with Gasteiger partial charge in [0.05, 0.1) is 11.1 Å². The first-order valence-electron chi connectivity index (χ1n) is 6.55. The van der Waals surface area contributed by atoms with E-state index in [9.17, 15) is 13.2 Å². The summed E-state index contributed by atoms with van der Waals surface area (Å²) in [5.41, 5.74) is 5.37. The van der Waals surface area contributed by atoms with Crippen molar-refractivity contribution < 1.29 is 13.2 Å². The molecule has 0 heterocycles. The van der Waals surface area contributed by atoms with Gasteiger partial charge in [-0.2, -0.15) is 0 Å². The van der Waals surface area contributed by atoms with Crippen LogP contribution >= 0.6 is 0 Å². The standard InChI is InChI=1S/C13H19N3O3S/c1-2-15-20(18,19)11-6-4-3-5-10(11)16-12(17)13(9-14)7-8-13/h3-6,15H,2,7-9,14H2,1H3,(H,16,17). The molecule has 20 heavy (non-hydrogen) atoms. The number of hydrogen-bond donors (Lipinski definition) is 3. The second kappa shape index (κ2) is 5.51. The number of anilines is 1. The van der Waals surface area contributed by atoms with Gasteiger partial charge in [0.15, 0.2) is 0 Å². The predicted molar refractivity (Wildman–Crippen MR) is 76.7 cm³/mol. The van der Waals surface area contributed by atoms with Crippen LogP contribution in [0.4, 0.5) is 5.69 Å². The Kier molecular flexibility index (Phi) is 4.12. The van der Waals surface area contributed by atoms with E-state index < -0.39 is 15.4 Å². The molecule has 0 bridgehead atoms. The van der Waals surface area contributed by atoms with E-state index in [1.807, 2.05) is 0 Å². The van der Waals surface area contributed by atoms with Crippen molar-refractivity contribution in [2.45, 2.75) is 24.7 Å². The zero-order chi connectivity index (χ0) is 14.8. The molecule has 0 spiro atoms. The van der Waals surface area contributed by atoms with E-state index in [1.165, 1.54) is 6.07 Å². The third-order valence-corrected chi connectivity index (χ3v) is 5.09. The van der Waals surface area contributed by atoms with Crippen molar-refractivity contribution in [1.82, 2.24) is 4.72 Å². The van der Waals surface area contributed by atoms with Crippen molar-refractivity contribution in [3.8, 4) is 0 Å². The molecule has 0 atom stereocenters. The number of carbonyl (C=O) groups is 1. The van der Waals surface area contributed by atoms with Crippen LogP contribution in [0, 0.1) is 5.41 Å². The van der Waals surface area contributed by atoms with Crippen LogP contribution in [-0.2, 0) is 14.8 Å². The minimum absolute atomic E-state index is 0.0722. The first kappa shape index (κ1) is 15.0. The second-order valence-electron chi connectivity index (χ2n) is 4.94. The lowest BCUT2D eigenvalue weighted by Gasteiger charge is -2.15. The van der Waals surface area contributed by atoms with Gasteiger partial charge in [0.25, 0.3) is 0 Å². The van der Waals surface area contributed by atoms with Crippen molar-refractivity contribution in [2.75, 3.05) is 18.4 Å². The van der Waals surface area contributed by atoms with Crippen molar-refractivity contribution in [3.05, 3.63) is 24.3 Å². The Hall–Kier alpha value is -1.44. The van der Waals surface area contributed by atoms with Gasteiger partial charge in [-0.05, 0) is 25.0 Å². The number of benzene rings is 1. The van der Waals surface area contributed by atoms with Crippen LogP contribution < -0.4 is 15.8 Å². The smallest absolute Gasteiger partial charge is 0.242 e. The normalized spacial score (nSPS) is 16.7. The van der Waals surface area contributed by atoms with Gasteiger partial charge < -0.3 is 11.1 Å². The predicted octanol–water partition coefficient (Wildman–Crippen LogP) is 0.662. The van der Waals surface area contributed by atoms with Gasteiger partial charge in [0, 0.05) is 13.1 Å². The number of amides is 1. The largest absolute Gasteiger partial charge is 0.329 e. The zero-order valence-corrected chi connectivity index (χ0v) is 12.2. The highest BCUT2D eigenvalue weighted by Gasteiger charge is 2.48. The Morgan fingerprint density at radius 3 is 2.55 bits per heavy atom. The summed E-state index contributed by atoms with van der Waals surface area (Å²) < 4.78 is 26.6. The van der Waals surface area contributed by atoms with Crippen LogP contribution in [0.2, 0.25) is 0 Å². The lowest BCUT2D eigenvalue weighted by Crippen LogP contribution is -2.32. The van der Waals surface area contributed by atoms with Crippen molar-refractivity contribution >= 4 is 21.6 Å². The minimum Gasteiger partial charge on any atom is -0.329 e. The molecular weight excluding hydrogens is 278 g/mol. The van der Waals surface area contributed by atoms with E-state index in [-0.39, 0.29) is 29.6 Å². The molecule has 0 saturated heterocycles. The monoisotopic (exact) mass is 297 g/mol. The van der Waals surface area contributed by atoms with E-state index in [0.29, 0.717) is 0 Å². The van der Waals surface area contributed by atoms with E-state index in [0.717, 1.165) is 12.8 Å². The number of hydrogen-bond acceptors (Lipinski definition) is 4. The summed E-state index contributed by atoms with van der Waals surface area (Å²) in [5.74, 6) is -0.209. The van der Waals surface area contributed by atoms with Crippen LogP contribution in [0.15, 0.2) is 29.2 Å². The van der Waals surface area contributed by atoms with Crippen LogP contribution in [0.3, 0.4) is 0 Å². The molecule has 0 aliphatic heterocycles. The molecule has 1 aliphatic rings. The maximum absolute atomic E-state index is 12.2. The lowest BCUT2D eigenvalue weighted by atomic mass is 10.1. The summed E-state index contributed by atoms with van der Waals surface area (Å²) in [6.45, 7) is 2.27. The summed E-state index contributed by atoms with van der Waals surface area (Å²) in [6.07, 6.45) is 1.49. The first-order chi connectivity index (χ1) is 9.45. The first-order valence-corrected chi connectivity index (χ1v) is 8.04. The van der Waals surface area contributed by atoms with E-state index >= 15 is 0 Å². The molecule has 0 aromatic heterocycles. The Morgan fingerprint density at radius 2 is 2.00 bits per heavy atom. The summed E-state index contributed by atoms with van der Waals surface area (Å²) in [4.78, 5) is 12.2. The zero-order valence-electron chi connectivity index (χ0n) is 11.3. The van der Waals surface area contributed by atoms with Crippen molar-refractivity contribution in [3.63, 3.8) is 0 Å². The molecule has 110 valence electrons. The molecule has 0 radical (unpaired) electrons. The maximum Gasteiger partial charge on any atom is 0.242 e. The van der Waals surface area contributed by atoms with E-state index in [4.69, 9.17) is 5.73 Å². The molecule has 2 rings (SSSR count). The Morgan fingerprint density at radius 1 is 1.35 bits per heavy atom. The van der Waals surface area contributed by atoms with E-state index in [2.05, 4.69) is 10.0 Å². The highest BCUT2D eigenvalue weighted by molar-refractivity contribution is 7.89. The number of nitrogens with two attached hydrogens (primary N) is 1. The van der Waals surface area contributed by atoms with Crippen LogP contribution in [0.1, 0.15) is 19.8 Å². The fourth-order valence-corrected chi connectivity index (χ4v) is 3.20. The summed E-state index contributed by atoms with van der Waals surface area (Å²) in [7, 11) is -3.61. The Labute approximate surface area is 118 Å². The van der Waals surface area contributed by atoms with Gasteiger partial charge in [0.1, 0.15) is 4.90 Å². The number of sulfonamides is 1. The van der Waals surface area contributed by atoms with Crippen molar-refractivity contribution in [1.29, 1.82) is 0 Å². The van der Waals surface area contributed by atoms with Crippen LogP contribution in [-0.4, -0.2) is 27.4 Å². The summed E-state index contributed by atoms with van der Waals surface area (Å²) in [5, 5.41) is 2.69. The van der Waals surface area contributed by atoms with Crippen LogP contribution in [0.25, 0.3) is 0 Å². The van der Waals surface area contributed by atoms with Crippen LogP contribution in [0.5, 0.6) is 0 Å². The van der Waals surface area contributed by atoms with Gasteiger partial charge in [-0.15, -0.1) is 0 Å². The number of nitrogens with one attached hydrogen (secondary N) is 2. The SMILES string of the molecule is CCNS(=O)(=O)c1ccccc1NC(=O)C1(CN)CC1. The average molecular weight is 297 g/mol. The van der Waals surface area contributed by atoms with Gasteiger partial charge in [-0.1, -0.05) is 19.1 Å². The highest BCUT2D eigenvalue weighted by Crippen LogP contribution is 2.45. The molecule has 1 amide bonds. The van der Waals surface area contributed by atoms with Gasteiger partial charge in [0.2, 0.25) is 15.9 Å². The molecule has 1 aromatic rings. The fraction of sp³-hybridized carbons (Fsp3) is 0.462. The molecule has 1 saturated carbocycles. The van der Waals surface area contributed by atoms with Gasteiger partial charge in [-0.3, -0.25) is 4.79 Å². The highest BCUT2D eigenvalue weighted by atomic mass is 32.2. The number of rotatable bonds is 6. The van der Waals surface area contributed by atoms with Crippen molar-refractivity contribution in [2.24, 2.45) is 11.1 Å². The molecule has 0 unspecified atom stereocenters. The number of carbonyl (C=O) groups excluding carboxylic acids is 1. The second-order valence-corrected chi connectivity index (χ2v) is 6.67. The summed E-state index contributed by atoms with van der Waals surface area (Å²) in [6, 6.07) is 6.35. The molecule has 1 aliphatic carbocycles. The number of para-hydroxylation sites is 1. The quantitative estimate of drug-likeness (QED) is 0.718. The molecule has 1 fully saturated rings. The topological polar surface area (TPSA) is 101 Å². The Bertz CT molecular complexity index is 609. The third-order valence-electron chi connectivity index (χ3n) is 3.49. The summed E-state index contributed by atoms with van der Waals surface area (Å²) >= 11 is 0. The molecule has 4 N–H and O–H groups in total. The molecule has 7 heteroatoms. The molecule has 1 aromatic carbocycles. The molecular formula is C13H19N3O3S. The minimum atomic E-state index is -3.61. The fourth-order valence-electron chi connectivity index (χ4n) is 2.00. The maximum atomic E-state index is 12.2. The third kappa shape index (κ3) is 2.84. The van der Waals surface area contributed by atoms with E-state index in [1.54, 1.807) is 25.1 Å². The lowest BCUT2D eigenvalue weighted by molar-refractivity contribution is -0.120. The van der Waals surface area contributed by atoms with Gasteiger partial charge >= 0.3 is 0 Å². The Balaban J connectivity index is 2.27. The average Bonchev–Trinajstić information content (AvgIpc) is 3.20. The molecule has 6 nitrogen and oxygen atoms in total.